The average molecular weight is 269 g/mol. The molecule has 4 heteroatoms. The van der Waals surface area contributed by atoms with E-state index in [1.807, 2.05) is 31.3 Å². The third kappa shape index (κ3) is 3.24. The van der Waals surface area contributed by atoms with Gasteiger partial charge in [0.1, 0.15) is 6.57 Å². The van der Waals surface area contributed by atoms with Crippen LogP contribution in [-0.2, 0) is 6.54 Å². The van der Waals surface area contributed by atoms with Crippen LogP contribution in [-0.4, -0.2) is 29.7 Å². The molecule has 0 aliphatic heterocycles. The van der Waals surface area contributed by atoms with E-state index in [2.05, 4.69) is 22.8 Å². The molecule has 0 saturated heterocycles. The maximum atomic E-state index is 5.50. The number of pyridine rings is 1. The molecule has 0 spiro atoms. The lowest BCUT2D eigenvalue weighted by Crippen LogP contribution is -2.13. The van der Waals surface area contributed by atoms with Gasteiger partial charge in [0.15, 0.2) is 0 Å². The first-order valence-corrected chi connectivity index (χ1v) is 6.88. The summed E-state index contributed by atoms with van der Waals surface area (Å²) >= 11 is 0. The van der Waals surface area contributed by atoms with Gasteiger partial charge in [0.25, 0.3) is 0 Å². The molecule has 0 atom stereocenters. The van der Waals surface area contributed by atoms with E-state index in [-0.39, 0.29) is 0 Å². The van der Waals surface area contributed by atoms with E-state index in [1.165, 1.54) is 11.1 Å². The van der Waals surface area contributed by atoms with Crippen LogP contribution in [0, 0.1) is 13.5 Å². The summed E-state index contributed by atoms with van der Waals surface area (Å²) in [6.07, 6.45) is 4.93. The van der Waals surface area contributed by atoms with Crippen LogP contribution in [0.25, 0.3) is 4.85 Å². The Balaban J connectivity index is 2.23. The van der Waals surface area contributed by atoms with Crippen molar-refractivity contribution < 1.29 is 0 Å². The Hall–Kier alpha value is -2.15. The topological polar surface area (TPSA) is 32.9 Å². The molecular formula is C16H21N4+. The molecule has 0 radical (unpaired) electrons. The second-order valence-electron chi connectivity index (χ2n) is 5.27. The number of hydrogen-bond acceptors (Lipinski definition) is 3. The van der Waals surface area contributed by atoms with Crippen molar-refractivity contribution >= 4 is 5.71 Å². The lowest BCUT2D eigenvalue weighted by atomic mass is 10.2. The summed E-state index contributed by atoms with van der Waals surface area (Å²) in [5.41, 5.74) is 4.50. The number of rotatable bonds is 3. The molecule has 4 nitrogen and oxygen atoms in total. The number of allylic oxidation sites excluding steroid dienone is 1. The van der Waals surface area contributed by atoms with Gasteiger partial charge in [0.2, 0.25) is 0 Å². The molecule has 1 aliphatic carbocycles. The zero-order chi connectivity index (χ0) is 14.5. The molecule has 0 amide bonds. The Morgan fingerprint density at radius 1 is 1.45 bits per heavy atom. The predicted octanol–water partition coefficient (Wildman–Crippen LogP) is 3.25. The summed E-state index contributed by atoms with van der Waals surface area (Å²) in [7, 11) is 3.91. The van der Waals surface area contributed by atoms with Crippen molar-refractivity contribution in [2.24, 2.45) is 4.99 Å². The van der Waals surface area contributed by atoms with Crippen LogP contribution < -0.4 is 0 Å². The van der Waals surface area contributed by atoms with Gasteiger partial charge >= 0.3 is 5.82 Å². The van der Waals surface area contributed by atoms with Crippen LogP contribution in [0.2, 0.25) is 0 Å². The van der Waals surface area contributed by atoms with Crippen molar-refractivity contribution in [2.45, 2.75) is 32.7 Å². The van der Waals surface area contributed by atoms with Gasteiger partial charge in [-0.15, -0.1) is 0 Å². The van der Waals surface area contributed by atoms with E-state index in [0.29, 0.717) is 6.54 Å². The normalized spacial score (nSPS) is 19.0. The summed E-state index contributed by atoms with van der Waals surface area (Å²) in [6, 6.07) is 4.07. The number of aryl methyl sites for hydroxylation is 1. The van der Waals surface area contributed by atoms with Gasteiger partial charge in [-0.1, -0.05) is 0 Å². The largest absolute Gasteiger partial charge is 0.384 e. The highest BCUT2D eigenvalue weighted by Gasteiger charge is 2.26. The summed E-state index contributed by atoms with van der Waals surface area (Å²) in [4.78, 5) is 14.9. The second kappa shape index (κ2) is 6.33. The van der Waals surface area contributed by atoms with Gasteiger partial charge in [0.05, 0.1) is 31.9 Å². The lowest BCUT2D eigenvalue weighted by Gasteiger charge is -2.05. The number of hydrogen-bond donors (Lipinski definition) is 0. The molecule has 0 bridgehead atoms. The van der Waals surface area contributed by atoms with Crippen LogP contribution in [0.1, 0.15) is 30.5 Å². The van der Waals surface area contributed by atoms with Crippen molar-refractivity contribution in [2.75, 3.05) is 14.1 Å². The highest BCUT2D eigenvalue weighted by atomic mass is 15.2. The Morgan fingerprint density at radius 3 is 2.90 bits per heavy atom. The molecule has 0 N–H and O–H groups in total. The first-order valence-electron chi connectivity index (χ1n) is 6.88. The third-order valence-electron chi connectivity index (χ3n) is 3.41. The van der Waals surface area contributed by atoms with Crippen LogP contribution in [0.5, 0.6) is 0 Å². The van der Waals surface area contributed by atoms with Crippen molar-refractivity contribution in [1.82, 2.24) is 9.88 Å². The second-order valence-corrected chi connectivity index (χ2v) is 5.27. The molecule has 104 valence electrons. The van der Waals surface area contributed by atoms with Crippen molar-refractivity contribution in [3.8, 4) is 6.57 Å². The molecule has 20 heavy (non-hydrogen) atoms. The standard InChI is InChI=1S/C16H21N4/c1-12-8-9-18-13(10-12)11-19-15-7-5-6-14(15)16(17-2)20(3)4/h2,8-10H,5-7,11H2,1,3-4H3/q+1/b16-14+,19-15?. The molecule has 1 aromatic heterocycles. The minimum absolute atomic E-state index is 0.617. The number of aliphatic imine (C=N–C) groups is 1. The Bertz CT molecular complexity index is 591. The summed E-state index contributed by atoms with van der Waals surface area (Å²) < 4.78 is 0. The highest BCUT2D eigenvalue weighted by molar-refractivity contribution is 6.02. The number of aromatic nitrogens is 1. The van der Waals surface area contributed by atoms with Crippen LogP contribution in [0.3, 0.4) is 0 Å². The fourth-order valence-electron chi connectivity index (χ4n) is 2.47. The summed E-state index contributed by atoms with van der Waals surface area (Å²) in [5.74, 6) is 0.832. The van der Waals surface area contributed by atoms with E-state index in [9.17, 15) is 0 Å². The zero-order valence-electron chi connectivity index (χ0n) is 12.4. The van der Waals surface area contributed by atoms with E-state index in [0.717, 1.165) is 36.5 Å². The molecule has 1 fully saturated rings. The molecule has 1 aliphatic rings. The monoisotopic (exact) mass is 269 g/mol. The highest BCUT2D eigenvalue weighted by Crippen LogP contribution is 2.27. The van der Waals surface area contributed by atoms with Gasteiger partial charge in [-0.25, -0.2) is 0 Å². The molecule has 1 heterocycles. The van der Waals surface area contributed by atoms with Gasteiger partial charge in [-0.3, -0.25) is 14.9 Å². The molecule has 0 aromatic carbocycles. The molecule has 1 aromatic rings. The molecule has 0 unspecified atom stereocenters. The average Bonchev–Trinajstić information content (AvgIpc) is 2.85. The minimum atomic E-state index is 0.617. The van der Waals surface area contributed by atoms with E-state index >= 15 is 0 Å². The van der Waals surface area contributed by atoms with Crippen molar-refractivity contribution in [3.63, 3.8) is 0 Å². The fourth-order valence-corrected chi connectivity index (χ4v) is 2.47. The quantitative estimate of drug-likeness (QED) is 0.844. The van der Waals surface area contributed by atoms with Gasteiger partial charge < -0.3 is 0 Å². The first-order chi connectivity index (χ1) is 9.61. The van der Waals surface area contributed by atoms with E-state index < -0.39 is 0 Å². The summed E-state index contributed by atoms with van der Waals surface area (Å²) in [6.45, 7) is 8.18. The zero-order valence-corrected chi connectivity index (χ0v) is 12.4. The molecule has 1 saturated carbocycles. The predicted molar refractivity (Wildman–Crippen MR) is 83.0 cm³/mol. The van der Waals surface area contributed by atoms with Crippen molar-refractivity contribution in [3.05, 3.63) is 45.8 Å². The van der Waals surface area contributed by atoms with Crippen molar-refractivity contribution in [1.29, 1.82) is 0 Å². The number of nitrogens with zero attached hydrogens (tertiary/aromatic N) is 4. The first kappa shape index (κ1) is 14.3. The van der Waals surface area contributed by atoms with Crippen LogP contribution in [0.4, 0.5) is 0 Å². The van der Waals surface area contributed by atoms with E-state index in [4.69, 9.17) is 11.6 Å². The molecular weight excluding hydrogens is 248 g/mol. The summed E-state index contributed by atoms with van der Waals surface area (Å²) in [5, 5.41) is 0. The van der Waals surface area contributed by atoms with E-state index in [1.54, 1.807) is 0 Å². The van der Waals surface area contributed by atoms with Crippen LogP contribution >= 0.6 is 0 Å². The maximum absolute atomic E-state index is 5.50. The lowest BCUT2D eigenvalue weighted by molar-refractivity contribution is 0.523. The smallest absolute Gasteiger partial charge is 0.283 e. The minimum Gasteiger partial charge on any atom is -0.283 e. The fraction of sp³-hybridized carbons (Fsp3) is 0.438. The molecule has 2 rings (SSSR count). The SMILES string of the molecule is C#[N+]/C(=C1/CCCC1=NCc1cc(C)ccn1)N(C)C. The van der Waals surface area contributed by atoms with Gasteiger partial charge in [-0.2, -0.15) is 4.85 Å². The Labute approximate surface area is 120 Å². The Morgan fingerprint density at radius 2 is 2.25 bits per heavy atom. The van der Waals surface area contributed by atoms with Gasteiger partial charge in [-0.05, 0) is 43.9 Å². The van der Waals surface area contributed by atoms with Crippen LogP contribution in [0.15, 0.2) is 34.7 Å². The third-order valence-corrected chi connectivity index (χ3v) is 3.41. The van der Waals surface area contributed by atoms with Gasteiger partial charge in [0, 0.05) is 11.9 Å². The maximum Gasteiger partial charge on any atom is 0.384 e. The Kier molecular flexibility index (Phi) is 4.52.